The van der Waals surface area contributed by atoms with Crippen molar-refractivity contribution in [2.75, 3.05) is 11.9 Å². The fraction of sp³-hybridized carbons (Fsp3) is 0.231. The molecule has 2 rings (SSSR count). The molecule has 0 unspecified atom stereocenters. The molecule has 0 aliphatic heterocycles. The molecular weight excluding hydrogens is 294 g/mol. The number of aromatic carboxylic acids is 1. The Kier molecular flexibility index (Phi) is 4.49. The molecule has 0 bridgehead atoms. The van der Waals surface area contributed by atoms with Gasteiger partial charge in [-0.2, -0.15) is 0 Å². The number of nitrogens with zero attached hydrogens (tertiary/aromatic N) is 2. The maximum atomic E-state index is 10.9. The van der Waals surface area contributed by atoms with E-state index in [0.29, 0.717) is 23.7 Å². The first-order chi connectivity index (χ1) is 9.97. The van der Waals surface area contributed by atoms with Crippen LogP contribution in [0.25, 0.3) is 0 Å². The number of benzene rings is 1. The van der Waals surface area contributed by atoms with Crippen molar-refractivity contribution in [1.82, 2.24) is 4.98 Å². The minimum Gasteiger partial charge on any atom is -0.476 e. The number of thiazole rings is 1. The number of carboxylic acid groups (broad SMARTS) is 1. The Balaban J connectivity index is 2.01. The highest BCUT2D eigenvalue weighted by Crippen LogP contribution is 2.25. The van der Waals surface area contributed by atoms with E-state index in [-0.39, 0.29) is 11.4 Å². The van der Waals surface area contributed by atoms with Crippen molar-refractivity contribution in [2.45, 2.75) is 13.3 Å². The van der Waals surface area contributed by atoms with E-state index in [1.807, 2.05) is 6.92 Å². The fourth-order valence-corrected chi connectivity index (χ4v) is 2.55. The Morgan fingerprint density at radius 3 is 2.90 bits per heavy atom. The van der Waals surface area contributed by atoms with Gasteiger partial charge in [0, 0.05) is 24.4 Å². The molecule has 2 aromatic rings. The Hall–Kier alpha value is -2.48. The molecule has 0 saturated heterocycles. The second-order valence-electron chi connectivity index (χ2n) is 4.39. The summed E-state index contributed by atoms with van der Waals surface area (Å²) in [5, 5.41) is 24.9. The number of aryl methyl sites for hydroxylation is 1. The van der Waals surface area contributed by atoms with Crippen LogP contribution in [0.2, 0.25) is 0 Å². The molecule has 1 aromatic carbocycles. The number of hydrogen-bond donors (Lipinski definition) is 2. The summed E-state index contributed by atoms with van der Waals surface area (Å²) in [6, 6.07) is 4.86. The third-order valence-corrected chi connectivity index (χ3v) is 3.68. The molecule has 0 atom stereocenters. The Morgan fingerprint density at radius 2 is 2.29 bits per heavy atom. The molecule has 1 aromatic heterocycles. The smallest absolute Gasteiger partial charge is 0.355 e. The lowest BCUT2D eigenvalue weighted by Gasteiger charge is -2.06. The molecule has 21 heavy (non-hydrogen) atoms. The largest absolute Gasteiger partial charge is 0.476 e. The third kappa shape index (κ3) is 3.76. The van der Waals surface area contributed by atoms with Gasteiger partial charge in [0.1, 0.15) is 5.69 Å². The molecule has 0 radical (unpaired) electrons. The fourth-order valence-electron chi connectivity index (χ4n) is 1.78. The number of carbonyl (C=O) groups is 1. The number of hydrogen-bond acceptors (Lipinski definition) is 6. The predicted octanol–water partition coefficient (Wildman–Crippen LogP) is 2.71. The summed E-state index contributed by atoms with van der Waals surface area (Å²) in [6.07, 6.45) is 0.503. The monoisotopic (exact) mass is 307 g/mol. The molecular formula is C13H13N3O4S. The summed E-state index contributed by atoms with van der Waals surface area (Å²) in [7, 11) is 0. The van der Waals surface area contributed by atoms with Crippen molar-refractivity contribution in [3.63, 3.8) is 0 Å². The Bertz CT molecular complexity index is 684. The Labute approximate surface area is 124 Å². The highest BCUT2D eigenvalue weighted by atomic mass is 32.1. The van der Waals surface area contributed by atoms with E-state index in [1.54, 1.807) is 12.1 Å². The molecule has 7 nitrogen and oxygen atoms in total. The van der Waals surface area contributed by atoms with Crippen LogP contribution in [0.15, 0.2) is 23.6 Å². The molecule has 0 aliphatic carbocycles. The van der Waals surface area contributed by atoms with Gasteiger partial charge >= 0.3 is 5.97 Å². The van der Waals surface area contributed by atoms with Crippen molar-refractivity contribution in [2.24, 2.45) is 0 Å². The quantitative estimate of drug-likeness (QED) is 0.628. The second-order valence-corrected chi connectivity index (χ2v) is 5.33. The maximum Gasteiger partial charge on any atom is 0.355 e. The number of rotatable bonds is 6. The van der Waals surface area contributed by atoms with Gasteiger partial charge in [0.05, 0.1) is 9.93 Å². The molecule has 0 spiro atoms. The van der Waals surface area contributed by atoms with E-state index >= 15 is 0 Å². The van der Waals surface area contributed by atoms with Gasteiger partial charge in [-0.1, -0.05) is 6.07 Å². The first kappa shape index (κ1) is 14.9. The van der Waals surface area contributed by atoms with Gasteiger partial charge in [-0.3, -0.25) is 10.1 Å². The molecule has 8 heteroatoms. The van der Waals surface area contributed by atoms with Crippen LogP contribution >= 0.6 is 11.3 Å². The van der Waals surface area contributed by atoms with E-state index in [9.17, 15) is 14.9 Å². The highest BCUT2D eigenvalue weighted by molar-refractivity contribution is 7.09. The number of nitrogens with one attached hydrogen (secondary N) is 1. The summed E-state index contributed by atoms with van der Waals surface area (Å²) in [5.74, 6) is -1.06. The molecule has 0 amide bonds. The van der Waals surface area contributed by atoms with Gasteiger partial charge in [-0.15, -0.1) is 11.3 Å². The molecule has 0 saturated carbocycles. The lowest BCUT2D eigenvalue weighted by molar-refractivity contribution is -0.384. The van der Waals surface area contributed by atoms with Crippen molar-refractivity contribution >= 4 is 28.7 Å². The van der Waals surface area contributed by atoms with Gasteiger partial charge < -0.3 is 10.4 Å². The minimum atomic E-state index is -1.06. The van der Waals surface area contributed by atoms with Crippen LogP contribution < -0.4 is 5.32 Å². The topological polar surface area (TPSA) is 105 Å². The van der Waals surface area contributed by atoms with E-state index in [4.69, 9.17) is 5.11 Å². The van der Waals surface area contributed by atoms with Crippen molar-refractivity contribution in [3.8, 4) is 0 Å². The van der Waals surface area contributed by atoms with Crippen LogP contribution in [-0.4, -0.2) is 27.5 Å². The summed E-state index contributed by atoms with van der Waals surface area (Å²) in [4.78, 5) is 25.2. The van der Waals surface area contributed by atoms with E-state index in [0.717, 1.165) is 5.56 Å². The number of carboxylic acids is 1. The van der Waals surface area contributed by atoms with Crippen LogP contribution in [0.1, 0.15) is 21.1 Å². The first-order valence-corrected chi connectivity index (χ1v) is 7.02. The zero-order valence-corrected chi connectivity index (χ0v) is 12.0. The van der Waals surface area contributed by atoms with Gasteiger partial charge in [-0.05, 0) is 18.6 Å². The predicted molar refractivity (Wildman–Crippen MR) is 79.1 cm³/mol. The number of nitro groups is 1. The summed E-state index contributed by atoms with van der Waals surface area (Å²) in [6.45, 7) is 2.30. The second kappa shape index (κ2) is 6.31. The number of anilines is 1. The van der Waals surface area contributed by atoms with Crippen LogP contribution in [0.4, 0.5) is 11.4 Å². The van der Waals surface area contributed by atoms with E-state index in [1.165, 1.54) is 22.8 Å². The van der Waals surface area contributed by atoms with Crippen LogP contribution in [0.3, 0.4) is 0 Å². The third-order valence-electron chi connectivity index (χ3n) is 2.77. The lowest BCUT2D eigenvalue weighted by Crippen LogP contribution is -2.07. The van der Waals surface area contributed by atoms with Gasteiger partial charge in [0.25, 0.3) is 5.69 Å². The van der Waals surface area contributed by atoms with E-state index < -0.39 is 10.9 Å². The number of nitro benzene ring substituents is 1. The van der Waals surface area contributed by atoms with Gasteiger partial charge in [-0.25, -0.2) is 9.78 Å². The van der Waals surface area contributed by atoms with Crippen molar-refractivity contribution < 1.29 is 14.8 Å². The van der Waals surface area contributed by atoms with Crippen molar-refractivity contribution in [3.05, 3.63) is 50.0 Å². The zero-order chi connectivity index (χ0) is 15.4. The molecule has 2 N–H and O–H groups in total. The Morgan fingerprint density at radius 1 is 1.52 bits per heavy atom. The van der Waals surface area contributed by atoms with Crippen LogP contribution in [0.5, 0.6) is 0 Å². The summed E-state index contributed by atoms with van der Waals surface area (Å²) >= 11 is 1.26. The zero-order valence-electron chi connectivity index (χ0n) is 11.2. The molecule has 1 heterocycles. The highest BCUT2D eigenvalue weighted by Gasteiger charge is 2.13. The van der Waals surface area contributed by atoms with E-state index in [2.05, 4.69) is 10.3 Å². The van der Waals surface area contributed by atoms with Crippen LogP contribution in [-0.2, 0) is 6.42 Å². The average Bonchev–Trinajstić information content (AvgIpc) is 2.87. The van der Waals surface area contributed by atoms with Crippen molar-refractivity contribution in [1.29, 1.82) is 0 Å². The van der Waals surface area contributed by atoms with Gasteiger partial charge in [0.2, 0.25) is 0 Å². The maximum absolute atomic E-state index is 10.9. The normalized spacial score (nSPS) is 10.3. The van der Waals surface area contributed by atoms with Crippen LogP contribution in [0, 0.1) is 17.0 Å². The van der Waals surface area contributed by atoms with Gasteiger partial charge in [0.15, 0.2) is 5.69 Å². The summed E-state index contributed by atoms with van der Waals surface area (Å²) < 4.78 is 0. The molecule has 110 valence electrons. The standard InChI is InChI=1S/C13H13N3O4S/c1-8-2-3-11(16(19)20)9(6-8)14-5-4-12-15-10(7-21-12)13(17)18/h2-3,6-7,14H,4-5H2,1H3,(H,17,18). The number of aromatic nitrogens is 1. The SMILES string of the molecule is Cc1ccc([N+](=O)[O-])c(NCCc2nc(C(=O)O)cs2)c1. The minimum absolute atomic E-state index is 0.0194. The average molecular weight is 307 g/mol. The molecule has 0 aliphatic rings. The lowest BCUT2D eigenvalue weighted by atomic mass is 10.2. The summed E-state index contributed by atoms with van der Waals surface area (Å²) in [5.41, 5.74) is 1.42. The molecule has 0 fully saturated rings. The first-order valence-electron chi connectivity index (χ1n) is 6.14.